The highest BCUT2D eigenvalue weighted by Gasteiger charge is 2.23. The highest BCUT2D eigenvalue weighted by atomic mass is 16.5. The van der Waals surface area contributed by atoms with E-state index in [1.807, 2.05) is 0 Å². The maximum Gasteiger partial charge on any atom is 0.323 e. The summed E-state index contributed by atoms with van der Waals surface area (Å²) in [5, 5.41) is 8.77. The van der Waals surface area contributed by atoms with E-state index in [9.17, 15) is 9.59 Å². The third-order valence-electron chi connectivity index (χ3n) is 2.35. The zero-order chi connectivity index (χ0) is 13.7. The Morgan fingerprint density at radius 2 is 2.11 bits per heavy atom. The lowest BCUT2D eigenvalue weighted by atomic mass is 10.3. The average Bonchev–Trinajstić information content (AvgIpc) is 2.73. The first-order chi connectivity index (χ1) is 8.45. The van der Waals surface area contributed by atoms with Crippen LogP contribution in [-0.4, -0.2) is 41.6 Å². The Morgan fingerprint density at radius 1 is 1.44 bits per heavy atom. The van der Waals surface area contributed by atoms with Gasteiger partial charge in [-0.2, -0.15) is 0 Å². The Hall–Kier alpha value is -1.82. The molecule has 0 aliphatic carbocycles. The van der Waals surface area contributed by atoms with Crippen molar-refractivity contribution >= 4 is 11.9 Å². The van der Waals surface area contributed by atoms with Crippen LogP contribution in [0.4, 0.5) is 0 Å². The van der Waals surface area contributed by atoms with Gasteiger partial charge in [0.2, 0.25) is 0 Å². The van der Waals surface area contributed by atoms with E-state index >= 15 is 0 Å². The summed E-state index contributed by atoms with van der Waals surface area (Å²) in [4.78, 5) is 24.0. The molecule has 0 saturated carbocycles. The minimum absolute atomic E-state index is 0.122. The largest absolute Gasteiger partial charge is 0.480 e. The van der Waals surface area contributed by atoms with Crippen molar-refractivity contribution in [1.82, 2.24) is 4.90 Å². The SMILES string of the molecule is COCc1ccc(C(=O)N(CC(=O)O)C(C)C)o1. The third-order valence-corrected chi connectivity index (χ3v) is 2.35. The van der Waals surface area contributed by atoms with Gasteiger partial charge in [-0.3, -0.25) is 9.59 Å². The number of carbonyl (C=O) groups excluding carboxylic acids is 1. The Morgan fingerprint density at radius 3 is 2.61 bits per heavy atom. The van der Waals surface area contributed by atoms with Crippen LogP contribution in [-0.2, 0) is 16.1 Å². The topological polar surface area (TPSA) is 80.0 Å². The summed E-state index contributed by atoms with van der Waals surface area (Å²) in [7, 11) is 1.52. The zero-order valence-electron chi connectivity index (χ0n) is 10.7. The van der Waals surface area contributed by atoms with Crippen molar-refractivity contribution in [2.45, 2.75) is 26.5 Å². The normalized spacial score (nSPS) is 10.7. The van der Waals surface area contributed by atoms with Crippen molar-refractivity contribution in [3.63, 3.8) is 0 Å². The number of nitrogens with zero attached hydrogens (tertiary/aromatic N) is 1. The lowest BCUT2D eigenvalue weighted by Crippen LogP contribution is -2.40. The highest BCUT2D eigenvalue weighted by Crippen LogP contribution is 2.13. The second-order valence-corrected chi connectivity index (χ2v) is 4.12. The predicted octanol–water partition coefficient (Wildman–Crippen LogP) is 1.36. The Bertz CT molecular complexity index is 424. The van der Waals surface area contributed by atoms with Crippen LogP contribution in [0.2, 0.25) is 0 Å². The van der Waals surface area contributed by atoms with Crippen molar-refractivity contribution in [2.75, 3.05) is 13.7 Å². The molecule has 0 spiro atoms. The molecule has 1 heterocycles. The smallest absolute Gasteiger partial charge is 0.323 e. The molecule has 0 radical (unpaired) electrons. The Kier molecular flexibility index (Phi) is 4.91. The molecule has 18 heavy (non-hydrogen) atoms. The Labute approximate surface area is 105 Å². The van der Waals surface area contributed by atoms with Crippen LogP contribution in [0.3, 0.4) is 0 Å². The average molecular weight is 255 g/mol. The van der Waals surface area contributed by atoms with Gasteiger partial charge in [0.05, 0.1) is 0 Å². The lowest BCUT2D eigenvalue weighted by molar-refractivity contribution is -0.138. The number of carboxylic acid groups (broad SMARTS) is 1. The van der Waals surface area contributed by atoms with Crippen molar-refractivity contribution in [3.8, 4) is 0 Å². The molecule has 1 amide bonds. The summed E-state index contributed by atoms with van der Waals surface area (Å²) in [5.41, 5.74) is 0. The number of carbonyl (C=O) groups is 2. The van der Waals surface area contributed by atoms with Gasteiger partial charge in [0.1, 0.15) is 18.9 Å². The molecule has 0 aromatic carbocycles. The standard InChI is InChI=1S/C12H17NO5/c1-8(2)13(6-11(14)15)12(16)10-5-4-9(18-10)7-17-3/h4-5,8H,6-7H2,1-3H3,(H,14,15). The third kappa shape index (κ3) is 3.59. The van der Waals surface area contributed by atoms with E-state index in [-0.39, 0.29) is 25.0 Å². The zero-order valence-corrected chi connectivity index (χ0v) is 10.7. The first-order valence-corrected chi connectivity index (χ1v) is 5.56. The predicted molar refractivity (Wildman–Crippen MR) is 63.2 cm³/mol. The van der Waals surface area contributed by atoms with Gasteiger partial charge in [-0.1, -0.05) is 0 Å². The van der Waals surface area contributed by atoms with E-state index in [2.05, 4.69) is 0 Å². The fourth-order valence-electron chi connectivity index (χ4n) is 1.49. The molecule has 1 aromatic rings. The van der Waals surface area contributed by atoms with E-state index in [0.717, 1.165) is 0 Å². The number of hydrogen-bond donors (Lipinski definition) is 1. The summed E-state index contributed by atoms with van der Waals surface area (Å²) in [5.74, 6) is -0.840. The van der Waals surface area contributed by atoms with Gasteiger partial charge in [-0.05, 0) is 26.0 Å². The van der Waals surface area contributed by atoms with Crippen LogP contribution in [0.1, 0.15) is 30.2 Å². The van der Waals surface area contributed by atoms with Crippen LogP contribution in [0.15, 0.2) is 16.5 Å². The molecule has 0 bridgehead atoms. The number of ether oxygens (including phenoxy) is 1. The minimum Gasteiger partial charge on any atom is -0.480 e. The summed E-state index contributed by atoms with van der Waals surface area (Å²) in [6.45, 7) is 3.42. The van der Waals surface area contributed by atoms with E-state index in [1.165, 1.54) is 18.1 Å². The molecular formula is C12H17NO5. The molecule has 0 atom stereocenters. The maximum absolute atomic E-state index is 12.1. The van der Waals surface area contributed by atoms with Crippen molar-refractivity contribution in [2.24, 2.45) is 0 Å². The van der Waals surface area contributed by atoms with Gasteiger partial charge in [-0.25, -0.2) is 0 Å². The van der Waals surface area contributed by atoms with Crippen LogP contribution >= 0.6 is 0 Å². The van der Waals surface area contributed by atoms with Gasteiger partial charge in [0.15, 0.2) is 5.76 Å². The molecule has 0 aliphatic heterocycles. The van der Waals surface area contributed by atoms with Crippen molar-refractivity contribution in [3.05, 3.63) is 23.7 Å². The molecule has 0 unspecified atom stereocenters. The molecule has 0 aliphatic rings. The van der Waals surface area contributed by atoms with Gasteiger partial charge in [-0.15, -0.1) is 0 Å². The van der Waals surface area contributed by atoms with E-state index in [4.69, 9.17) is 14.3 Å². The fraction of sp³-hybridized carbons (Fsp3) is 0.500. The number of carboxylic acids is 1. The molecule has 1 rings (SSSR count). The second-order valence-electron chi connectivity index (χ2n) is 4.12. The molecule has 100 valence electrons. The van der Waals surface area contributed by atoms with Gasteiger partial charge in [0, 0.05) is 13.2 Å². The summed E-state index contributed by atoms with van der Waals surface area (Å²) >= 11 is 0. The number of aliphatic carboxylic acids is 1. The van der Waals surface area contributed by atoms with Crippen LogP contribution < -0.4 is 0 Å². The minimum atomic E-state index is -1.05. The van der Waals surface area contributed by atoms with Gasteiger partial charge in [0.25, 0.3) is 5.91 Å². The second kappa shape index (κ2) is 6.20. The number of rotatable bonds is 6. The van der Waals surface area contributed by atoms with Gasteiger partial charge < -0.3 is 19.2 Å². The first-order valence-electron chi connectivity index (χ1n) is 5.56. The van der Waals surface area contributed by atoms with E-state index in [1.54, 1.807) is 19.9 Å². The number of methoxy groups -OCH3 is 1. The van der Waals surface area contributed by atoms with E-state index < -0.39 is 11.9 Å². The molecule has 0 fully saturated rings. The maximum atomic E-state index is 12.1. The molecule has 0 saturated heterocycles. The van der Waals surface area contributed by atoms with Crippen LogP contribution in [0, 0.1) is 0 Å². The Balaban J connectivity index is 2.84. The quantitative estimate of drug-likeness (QED) is 0.830. The molecule has 6 heteroatoms. The molecule has 1 N–H and O–H groups in total. The first kappa shape index (κ1) is 14.2. The lowest BCUT2D eigenvalue weighted by Gasteiger charge is -2.23. The summed E-state index contributed by atoms with van der Waals surface area (Å²) in [6.07, 6.45) is 0. The molecule has 6 nitrogen and oxygen atoms in total. The monoisotopic (exact) mass is 255 g/mol. The fourth-order valence-corrected chi connectivity index (χ4v) is 1.49. The molecule has 1 aromatic heterocycles. The van der Waals surface area contributed by atoms with Crippen molar-refractivity contribution < 1.29 is 23.8 Å². The van der Waals surface area contributed by atoms with Crippen LogP contribution in [0.25, 0.3) is 0 Å². The highest BCUT2D eigenvalue weighted by molar-refractivity contribution is 5.93. The number of hydrogen-bond acceptors (Lipinski definition) is 4. The number of amides is 1. The van der Waals surface area contributed by atoms with Crippen LogP contribution in [0.5, 0.6) is 0 Å². The molecular weight excluding hydrogens is 238 g/mol. The summed E-state index contributed by atoms with van der Waals surface area (Å²) < 4.78 is 10.2. The van der Waals surface area contributed by atoms with Crippen molar-refractivity contribution in [1.29, 1.82) is 0 Å². The van der Waals surface area contributed by atoms with E-state index in [0.29, 0.717) is 5.76 Å². The van der Waals surface area contributed by atoms with Gasteiger partial charge >= 0.3 is 5.97 Å². The number of furan rings is 1. The summed E-state index contributed by atoms with van der Waals surface area (Å²) in [6, 6.07) is 2.94.